The van der Waals surface area contributed by atoms with Crippen molar-refractivity contribution in [1.82, 2.24) is 19.9 Å². The summed E-state index contributed by atoms with van der Waals surface area (Å²) in [6, 6.07) is 7.83. The van der Waals surface area contributed by atoms with Gasteiger partial charge in [0.2, 0.25) is 0 Å². The number of aromatic nitrogens is 3. The van der Waals surface area contributed by atoms with E-state index in [0.717, 1.165) is 18.4 Å². The van der Waals surface area contributed by atoms with Crippen molar-refractivity contribution >= 4 is 11.6 Å². The maximum absolute atomic E-state index is 13.7. The molecule has 1 aliphatic carbocycles. The van der Waals surface area contributed by atoms with Gasteiger partial charge in [-0.15, -0.1) is 0 Å². The average Bonchev–Trinajstić information content (AvgIpc) is 3.41. The Kier molecular flexibility index (Phi) is 4.11. The highest BCUT2D eigenvalue weighted by atomic mass is 19.1. The number of benzene rings is 1. The number of hydrogen-bond acceptors (Lipinski definition) is 4. The maximum Gasteiger partial charge on any atom is 0.271 e. The molecule has 0 bridgehead atoms. The number of aryl methyl sites for hydroxylation is 1. The van der Waals surface area contributed by atoms with E-state index in [1.807, 2.05) is 13.8 Å². The predicted molar refractivity (Wildman–Crippen MR) is 97.5 cm³/mol. The summed E-state index contributed by atoms with van der Waals surface area (Å²) in [5.74, 6) is -0.167. The Hall–Kier alpha value is -3.27. The van der Waals surface area contributed by atoms with Gasteiger partial charge in [0.25, 0.3) is 5.91 Å². The van der Waals surface area contributed by atoms with Crippen molar-refractivity contribution in [2.24, 2.45) is 5.92 Å². The van der Waals surface area contributed by atoms with E-state index >= 15 is 0 Å². The van der Waals surface area contributed by atoms with Crippen molar-refractivity contribution in [2.75, 3.05) is 0 Å². The summed E-state index contributed by atoms with van der Waals surface area (Å²) in [4.78, 5) is 17.0. The first kappa shape index (κ1) is 17.2. The summed E-state index contributed by atoms with van der Waals surface area (Å²) in [6.07, 6.45) is 3.75. The summed E-state index contributed by atoms with van der Waals surface area (Å²) in [5, 5.41) is 16.8. The fourth-order valence-corrected chi connectivity index (χ4v) is 3.23. The van der Waals surface area contributed by atoms with E-state index in [4.69, 9.17) is 0 Å². The molecule has 1 atom stereocenters. The van der Waals surface area contributed by atoms with Gasteiger partial charge >= 0.3 is 0 Å². The van der Waals surface area contributed by atoms with Gasteiger partial charge in [0.1, 0.15) is 5.82 Å². The Morgan fingerprint density at radius 1 is 1.41 bits per heavy atom. The maximum atomic E-state index is 13.7. The number of carbonyl (C=O) groups excluding carboxylic acids is 1. The lowest BCUT2D eigenvalue weighted by atomic mass is 10.0. The third kappa shape index (κ3) is 3.14. The molecule has 6 nitrogen and oxygen atoms in total. The van der Waals surface area contributed by atoms with Crippen molar-refractivity contribution in [3.8, 4) is 17.3 Å². The number of halogens is 1. The van der Waals surface area contributed by atoms with E-state index in [-0.39, 0.29) is 11.9 Å². The number of hydrogen-bond donors (Lipinski definition) is 1. The first-order valence-corrected chi connectivity index (χ1v) is 8.84. The fourth-order valence-electron chi connectivity index (χ4n) is 3.23. The molecule has 0 unspecified atom stereocenters. The highest BCUT2D eigenvalue weighted by Gasteiger charge is 2.30. The first-order chi connectivity index (χ1) is 13.0. The molecular formula is C20H18FN5O. The van der Waals surface area contributed by atoms with Crippen LogP contribution in [0, 0.1) is 30.0 Å². The van der Waals surface area contributed by atoms with Gasteiger partial charge in [-0.2, -0.15) is 10.4 Å². The van der Waals surface area contributed by atoms with Crippen LogP contribution in [-0.4, -0.2) is 26.5 Å². The van der Waals surface area contributed by atoms with Crippen LogP contribution < -0.4 is 5.32 Å². The van der Waals surface area contributed by atoms with Gasteiger partial charge in [-0.25, -0.2) is 13.9 Å². The normalized spacial score (nSPS) is 14.7. The van der Waals surface area contributed by atoms with Crippen molar-refractivity contribution in [3.05, 3.63) is 53.1 Å². The van der Waals surface area contributed by atoms with Crippen LogP contribution in [0.25, 0.3) is 16.9 Å². The van der Waals surface area contributed by atoms with Gasteiger partial charge in [-0.1, -0.05) is 0 Å². The lowest BCUT2D eigenvalue weighted by Crippen LogP contribution is -2.34. The summed E-state index contributed by atoms with van der Waals surface area (Å²) >= 11 is 0. The topological polar surface area (TPSA) is 83.1 Å². The number of carbonyl (C=O) groups is 1. The molecule has 1 aliphatic rings. The van der Waals surface area contributed by atoms with E-state index in [0.29, 0.717) is 34.1 Å². The van der Waals surface area contributed by atoms with E-state index in [9.17, 15) is 14.4 Å². The number of imidazole rings is 1. The molecule has 2 aromatic heterocycles. The van der Waals surface area contributed by atoms with Crippen molar-refractivity contribution in [2.45, 2.75) is 32.7 Å². The summed E-state index contributed by atoms with van der Waals surface area (Å²) in [7, 11) is 0. The van der Waals surface area contributed by atoms with Crippen LogP contribution in [0.5, 0.6) is 0 Å². The minimum atomic E-state index is -0.453. The van der Waals surface area contributed by atoms with Gasteiger partial charge < -0.3 is 5.32 Å². The number of nitrogens with one attached hydrogen (secondary N) is 1. The van der Waals surface area contributed by atoms with Gasteiger partial charge in [-0.3, -0.25) is 4.79 Å². The molecule has 1 saturated carbocycles. The molecule has 0 aliphatic heterocycles. The largest absolute Gasteiger partial charge is 0.348 e. The molecule has 1 amide bonds. The Balaban J connectivity index is 1.80. The first-order valence-electron chi connectivity index (χ1n) is 8.84. The highest BCUT2D eigenvalue weighted by molar-refractivity contribution is 5.93. The van der Waals surface area contributed by atoms with Crippen LogP contribution >= 0.6 is 0 Å². The Bertz CT molecular complexity index is 1090. The second-order valence-electron chi connectivity index (χ2n) is 6.99. The summed E-state index contributed by atoms with van der Waals surface area (Å²) in [5.41, 5.74) is 2.76. The zero-order chi connectivity index (χ0) is 19.1. The lowest BCUT2D eigenvalue weighted by molar-refractivity contribution is 0.0928. The number of amides is 1. The van der Waals surface area contributed by atoms with Crippen LogP contribution in [0.3, 0.4) is 0 Å². The molecule has 0 radical (unpaired) electrons. The lowest BCUT2D eigenvalue weighted by Gasteiger charge is -2.12. The molecule has 1 fully saturated rings. The predicted octanol–water partition coefficient (Wildman–Crippen LogP) is 3.24. The minimum Gasteiger partial charge on any atom is -0.348 e. The molecule has 1 N–H and O–H groups in total. The molecule has 7 heteroatoms. The second kappa shape index (κ2) is 6.47. The quantitative estimate of drug-likeness (QED) is 0.771. The van der Waals surface area contributed by atoms with Crippen LogP contribution in [0.15, 0.2) is 30.5 Å². The van der Waals surface area contributed by atoms with Gasteiger partial charge in [0, 0.05) is 11.6 Å². The van der Waals surface area contributed by atoms with E-state index in [2.05, 4.69) is 21.5 Å². The molecule has 1 aromatic carbocycles. The van der Waals surface area contributed by atoms with E-state index in [1.54, 1.807) is 6.07 Å². The molecular weight excluding hydrogens is 345 g/mol. The Morgan fingerprint density at radius 3 is 2.89 bits per heavy atom. The summed E-state index contributed by atoms with van der Waals surface area (Å²) in [6.45, 7) is 3.84. The SMILES string of the molecule is Cc1cc(-c2cc(F)ccc2C#N)nn2c(C(=O)N[C@@H](C)C3CC3)cnc12. The average molecular weight is 363 g/mol. The minimum absolute atomic E-state index is 0.0979. The third-order valence-corrected chi connectivity index (χ3v) is 4.95. The van der Waals surface area contributed by atoms with Crippen LogP contribution in [0.4, 0.5) is 4.39 Å². The van der Waals surface area contributed by atoms with Crippen LogP contribution in [-0.2, 0) is 0 Å². The second-order valence-corrected chi connectivity index (χ2v) is 6.99. The number of fused-ring (bicyclic) bond motifs is 1. The fraction of sp³-hybridized carbons (Fsp3) is 0.300. The van der Waals surface area contributed by atoms with Crippen molar-refractivity contribution in [1.29, 1.82) is 5.26 Å². The van der Waals surface area contributed by atoms with Crippen LogP contribution in [0.2, 0.25) is 0 Å². The Labute approximate surface area is 155 Å². The standard InChI is InChI=1S/C20H18FN5O/c1-11-7-17(16-8-15(21)6-5-14(16)9-22)25-26-18(10-23-19(11)26)20(27)24-12(2)13-3-4-13/h5-8,10,12-13H,3-4H2,1-2H3,(H,24,27)/t12-/m0/s1. The smallest absolute Gasteiger partial charge is 0.271 e. The highest BCUT2D eigenvalue weighted by Crippen LogP contribution is 2.32. The van der Waals surface area contributed by atoms with Gasteiger partial charge in [-0.05, 0) is 62.4 Å². The number of nitriles is 1. The van der Waals surface area contributed by atoms with Crippen LogP contribution in [0.1, 0.15) is 41.4 Å². The van der Waals surface area contributed by atoms with Gasteiger partial charge in [0.05, 0.1) is 23.5 Å². The molecule has 0 saturated heterocycles. The number of nitrogens with zero attached hydrogens (tertiary/aromatic N) is 4. The molecule has 3 aromatic rings. The molecule has 4 rings (SSSR count). The monoisotopic (exact) mass is 363 g/mol. The molecule has 27 heavy (non-hydrogen) atoms. The van der Waals surface area contributed by atoms with Gasteiger partial charge in [0.15, 0.2) is 11.3 Å². The molecule has 0 spiro atoms. The zero-order valence-electron chi connectivity index (χ0n) is 15.0. The van der Waals surface area contributed by atoms with Crippen molar-refractivity contribution in [3.63, 3.8) is 0 Å². The number of rotatable bonds is 4. The Morgan fingerprint density at radius 2 is 2.19 bits per heavy atom. The molecule has 136 valence electrons. The van der Waals surface area contributed by atoms with Crippen molar-refractivity contribution < 1.29 is 9.18 Å². The zero-order valence-corrected chi connectivity index (χ0v) is 15.0. The van der Waals surface area contributed by atoms with E-state index in [1.165, 1.54) is 28.9 Å². The van der Waals surface area contributed by atoms with E-state index < -0.39 is 5.82 Å². The summed E-state index contributed by atoms with van der Waals surface area (Å²) < 4.78 is 15.2. The third-order valence-electron chi connectivity index (χ3n) is 4.95. The molecule has 2 heterocycles.